The van der Waals surface area contributed by atoms with Gasteiger partial charge in [-0.3, -0.25) is 0 Å². The van der Waals surface area contributed by atoms with Crippen LogP contribution in [-0.4, -0.2) is 56.8 Å². The summed E-state index contributed by atoms with van der Waals surface area (Å²) in [7, 11) is 0. The molecule has 160 valence electrons. The maximum absolute atomic E-state index is 8.82. The van der Waals surface area contributed by atoms with Crippen molar-refractivity contribution >= 4 is 67.5 Å². The fourth-order valence-corrected chi connectivity index (χ4v) is 3.91. The van der Waals surface area contributed by atoms with Crippen molar-refractivity contribution in [2.24, 2.45) is 0 Å². The first-order chi connectivity index (χ1) is 13.1. The molecule has 12 heteroatoms. The largest absolute Gasteiger partial charge is 0.396 e. The molecule has 0 aliphatic carbocycles. The van der Waals surface area contributed by atoms with Gasteiger partial charge in [0.1, 0.15) is 5.82 Å². The van der Waals surface area contributed by atoms with Crippen LogP contribution in [0.2, 0.25) is 10.6 Å². The molecule has 1 saturated heterocycles. The highest BCUT2D eigenvalue weighted by Crippen LogP contribution is 2.33. The monoisotopic (exact) mass is 477 g/mol. The SMILES string of the molecule is Clc1ncc2c(n1)N[C@H]1CCN2C1.OCC[C@H]1CCc2cnc(Cl)nc2N1.S.S. The van der Waals surface area contributed by atoms with Crippen LogP contribution in [0.5, 0.6) is 0 Å². The summed E-state index contributed by atoms with van der Waals surface area (Å²) in [5.74, 6) is 1.70. The summed E-state index contributed by atoms with van der Waals surface area (Å²) in [6, 6.07) is 0.844. The van der Waals surface area contributed by atoms with Crippen LogP contribution in [0.1, 0.15) is 24.8 Å². The molecule has 0 saturated carbocycles. The second-order valence-electron chi connectivity index (χ2n) is 6.85. The van der Waals surface area contributed by atoms with Gasteiger partial charge in [0.05, 0.1) is 11.9 Å². The minimum atomic E-state index is 0. The van der Waals surface area contributed by atoms with Gasteiger partial charge in [-0.25, -0.2) is 15.0 Å². The van der Waals surface area contributed by atoms with Crippen molar-refractivity contribution in [1.29, 1.82) is 0 Å². The van der Waals surface area contributed by atoms with Gasteiger partial charge < -0.3 is 20.6 Å². The number of hydrogen-bond acceptors (Lipinski definition) is 8. The fourth-order valence-electron chi connectivity index (χ4n) is 3.64. The summed E-state index contributed by atoms with van der Waals surface area (Å²) in [6.45, 7) is 2.36. The number of aromatic nitrogens is 4. The summed E-state index contributed by atoms with van der Waals surface area (Å²) in [5.41, 5.74) is 2.18. The number of anilines is 3. The van der Waals surface area contributed by atoms with Crippen LogP contribution in [0.4, 0.5) is 17.3 Å². The quantitative estimate of drug-likeness (QED) is 0.567. The zero-order valence-corrected chi connectivity index (χ0v) is 19.2. The number of halogens is 2. The highest BCUT2D eigenvalue weighted by molar-refractivity contribution is 7.59. The van der Waals surface area contributed by atoms with Gasteiger partial charge in [0.15, 0.2) is 5.82 Å². The Morgan fingerprint density at radius 1 is 1.03 bits per heavy atom. The minimum Gasteiger partial charge on any atom is -0.396 e. The zero-order chi connectivity index (χ0) is 18.8. The number of fused-ring (bicyclic) bond motifs is 5. The molecule has 0 radical (unpaired) electrons. The molecule has 2 aromatic heterocycles. The predicted octanol–water partition coefficient (Wildman–Crippen LogP) is 2.60. The Kier molecular flexibility index (Phi) is 8.90. The third-order valence-electron chi connectivity index (χ3n) is 5.03. The van der Waals surface area contributed by atoms with Gasteiger partial charge in [-0.1, -0.05) is 0 Å². The molecule has 8 nitrogen and oxygen atoms in total. The van der Waals surface area contributed by atoms with Crippen LogP contribution in [0.25, 0.3) is 0 Å². The average molecular weight is 478 g/mol. The van der Waals surface area contributed by atoms with E-state index >= 15 is 0 Å². The lowest BCUT2D eigenvalue weighted by Gasteiger charge is -2.26. The maximum atomic E-state index is 8.82. The average Bonchev–Trinajstić information content (AvgIpc) is 3.04. The fraction of sp³-hybridized carbons (Fsp3) is 0.529. The van der Waals surface area contributed by atoms with E-state index in [2.05, 4.69) is 35.5 Å². The van der Waals surface area contributed by atoms with Crippen molar-refractivity contribution in [3.63, 3.8) is 0 Å². The van der Waals surface area contributed by atoms with E-state index in [1.807, 2.05) is 0 Å². The Bertz CT molecular complexity index is 832. The lowest BCUT2D eigenvalue weighted by atomic mass is 10.0. The second-order valence-corrected chi connectivity index (χ2v) is 7.53. The number of nitrogens with one attached hydrogen (secondary N) is 2. The summed E-state index contributed by atoms with van der Waals surface area (Å²) in [6.07, 6.45) is 7.43. The minimum absolute atomic E-state index is 0. The molecule has 3 aliphatic heterocycles. The molecule has 29 heavy (non-hydrogen) atoms. The molecule has 0 spiro atoms. The smallest absolute Gasteiger partial charge is 0.224 e. The lowest BCUT2D eigenvalue weighted by Crippen LogP contribution is -2.32. The van der Waals surface area contributed by atoms with Crippen LogP contribution < -0.4 is 15.5 Å². The van der Waals surface area contributed by atoms with E-state index in [0.29, 0.717) is 17.4 Å². The van der Waals surface area contributed by atoms with E-state index in [-0.39, 0.29) is 38.9 Å². The first-order valence-corrected chi connectivity index (χ1v) is 9.81. The van der Waals surface area contributed by atoms with Gasteiger partial charge >= 0.3 is 0 Å². The van der Waals surface area contributed by atoms with E-state index in [9.17, 15) is 0 Å². The van der Waals surface area contributed by atoms with Crippen molar-refractivity contribution in [2.45, 2.75) is 37.8 Å². The van der Waals surface area contributed by atoms with E-state index in [1.165, 1.54) is 6.42 Å². The van der Waals surface area contributed by atoms with Gasteiger partial charge in [-0.15, -0.1) is 0 Å². The Hall–Kier alpha value is -1.20. The Labute approximate surface area is 193 Å². The van der Waals surface area contributed by atoms with Crippen LogP contribution >= 0.6 is 50.2 Å². The molecule has 5 heterocycles. The highest BCUT2D eigenvalue weighted by Gasteiger charge is 2.30. The zero-order valence-electron chi connectivity index (χ0n) is 15.7. The van der Waals surface area contributed by atoms with Crippen LogP contribution in [-0.2, 0) is 6.42 Å². The Balaban J connectivity index is 0.000000194. The van der Waals surface area contributed by atoms with Crippen molar-refractivity contribution in [3.05, 3.63) is 28.5 Å². The van der Waals surface area contributed by atoms with Gasteiger partial charge in [-0.05, 0) is 48.9 Å². The van der Waals surface area contributed by atoms with Gasteiger partial charge in [-0.2, -0.15) is 32.0 Å². The first kappa shape index (κ1) is 24.1. The maximum Gasteiger partial charge on any atom is 0.224 e. The van der Waals surface area contributed by atoms with Crippen molar-refractivity contribution in [2.75, 3.05) is 35.2 Å². The molecule has 3 N–H and O–H groups in total. The normalized spacial score (nSPS) is 20.4. The third-order valence-corrected chi connectivity index (χ3v) is 5.39. The molecule has 2 atom stereocenters. The van der Waals surface area contributed by atoms with Crippen LogP contribution in [0.3, 0.4) is 0 Å². The standard InChI is InChI=1S/C9H12ClN3O.C8H9ClN4.2H2S/c10-9-11-5-6-1-2-7(3-4-14)12-8(6)13-9;9-8-10-3-6-7(12-8)11-5-1-2-13(6)4-5;;/h5,7,14H,1-4H2,(H,11,12,13);3,5H,1-2,4H2,(H,10,11,12);2*1H2/t7-;5-;;/m10../s1. The molecule has 5 rings (SSSR count). The number of rotatable bonds is 2. The molecular weight excluding hydrogens is 453 g/mol. The molecule has 2 aromatic rings. The van der Waals surface area contributed by atoms with Crippen molar-refractivity contribution < 1.29 is 5.11 Å². The number of hydrogen-bond donors (Lipinski definition) is 3. The molecular formula is C17H25Cl2N7OS2. The van der Waals surface area contributed by atoms with E-state index in [4.69, 9.17) is 28.3 Å². The van der Waals surface area contributed by atoms with E-state index in [0.717, 1.165) is 55.2 Å². The third kappa shape index (κ3) is 5.69. The van der Waals surface area contributed by atoms with Gasteiger partial charge in [0.25, 0.3) is 0 Å². The molecule has 3 aliphatic rings. The van der Waals surface area contributed by atoms with Crippen LogP contribution in [0, 0.1) is 0 Å². The van der Waals surface area contributed by atoms with Gasteiger partial charge in [0.2, 0.25) is 10.6 Å². The number of aliphatic hydroxyl groups is 1. The van der Waals surface area contributed by atoms with Gasteiger partial charge in [0, 0.05) is 43.5 Å². The van der Waals surface area contributed by atoms with Crippen LogP contribution in [0.15, 0.2) is 12.4 Å². The lowest BCUT2D eigenvalue weighted by molar-refractivity contribution is 0.276. The molecule has 0 aromatic carbocycles. The van der Waals surface area contributed by atoms with Crippen molar-refractivity contribution in [3.8, 4) is 0 Å². The summed E-state index contributed by atoms with van der Waals surface area (Å²) >= 11 is 11.4. The highest BCUT2D eigenvalue weighted by atomic mass is 35.5. The Morgan fingerprint density at radius 2 is 1.76 bits per heavy atom. The summed E-state index contributed by atoms with van der Waals surface area (Å²) in [4.78, 5) is 18.5. The number of aliphatic hydroxyl groups excluding tert-OH is 1. The number of nitrogens with zero attached hydrogens (tertiary/aromatic N) is 5. The second kappa shape index (κ2) is 10.7. The summed E-state index contributed by atoms with van der Waals surface area (Å²) in [5, 5.41) is 16.0. The summed E-state index contributed by atoms with van der Waals surface area (Å²) < 4.78 is 0. The molecule has 0 amide bonds. The topological polar surface area (TPSA) is 99.1 Å². The molecule has 2 bridgehead atoms. The Morgan fingerprint density at radius 3 is 2.52 bits per heavy atom. The van der Waals surface area contributed by atoms with Crippen molar-refractivity contribution in [1.82, 2.24) is 19.9 Å². The van der Waals surface area contributed by atoms with E-state index in [1.54, 1.807) is 12.4 Å². The first-order valence-electron chi connectivity index (χ1n) is 9.05. The molecule has 1 fully saturated rings. The van der Waals surface area contributed by atoms with E-state index < -0.39 is 0 Å². The number of aryl methyl sites for hydroxylation is 1. The molecule has 0 unspecified atom stereocenters. The predicted molar refractivity (Wildman–Crippen MR) is 127 cm³/mol.